The first-order valence-corrected chi connectivity index (χ1v) is 13.4. The van der Waals surface area contributed by atoms with Crippen LogP contribution in [0, 0.1) is 20.8 Å². The first-order valence-electron chi connectivity index (χ1n) is 10.8. The molecule has 0 unspecified atom stereocenters. The number of anilines is 1. The van der Waals surface area contributed by atoms with Gasteiger partial charge in [-0.2, -0.15) is 11.8 Å². The minimum Gasteiger partial charge on any atom is -0.354 e. The molecule has 174 valence electrons. The zero-order valence-corrected chi connectivity index (χ0v) is 20.9. The molecule has 0 heterocycles. The van der Waals surface area contributed by atoms with E-state index in [-0.39, 0.29) is 17.3 Å². The molecule has 1 amide bonds. The number of amides is 1. The first-order chi connectivity index (χ1) is 15.8. The smallest absolute Gasteiger partial charge is 0.264 e. The summed E-state index contributed by atoms with van der Waals surface area (Å²) >= 11 is 1.74. The molecule has 0 aliphatic rings. The SMILES string of the molecule is Cc1ccccc1CSCCNC(=O)CN(c1cccc(C)c1C)S(=O)(=O)c1ccccc1. The lowest BCUT2D eigenvalue weighted by Crippen LogP contribution is -2.41. The normalized spacial score (nSPS) is 11.2. The number of rotatable bonds is 10. The Morgan fingerprint density at radius 2 is 1.55 bits per heavy atom. The second-order valence-electron chi connectivity index (χ2n) is 7.87. The highest BCUT2D eigenvalue weighted by Gasteiger charge is 2.28. The molecule has 33 heavy (non-hydrogen) atoms. The van der Waals surface area contributed by atoms with Crippen LogP contribution in [0.5, 0.6) is 0 Å². The van der Waals surface area contributed by atoms with Gasteiger partial charge in [0.25, 0.3) is 10.0 Å². The molecule has 0 saturated heterocycles. The van der Waals surface area contributed by atoms with Crippen LogP contribution in [0.15, 0.2) is 77.7 Å². The third-order valence-corrected chi connectivity index (χ3v) is 8.33. The molecule has 0 aliphatic carbocycles. The second kappa shape index (κ2) is 11.4. The third-order valence-electron chi connectivity index (χ3n) is 5.55. The van der Waals surface area contributed by atoms with Gasteiger partial charge in [0.05, 0.1) is 10.6 Å². The summed E-state index contributed by atoms with van der Waals surface area (Å²) in [6, 6.07) is 22.0. The summed E-state index contributed by atoms with van der Waals surface area (Å²) in [6.07, 6.45) is 0. The van der Waals surface area contributed by atoms with Crippen molar-refractivity contribution in [2.24, 2.45) is 0 Å². The zero-order valence-electron chi connectivity index (χ0n) is 19.2. The molecule has 0 radical (unpaired) electrons. The van der Waals surface area contributed by atoms with E-state index in [1.165, 1.54) is 15.4 Å². The van der Waals surface area contributed by atoms with Crippen molar-refractivity contribution < 1.29 is 13.2 Å². The fourth-order valence-corrected chi connectivity index (χ4v) is 5.86. The molecule has 0 fully saturated rings. The van der Waals surface area contributed by atoms with Gasteiger partial charge in [-0.25, -0.2) is 8.42 Å². The predicted molar refractivity (Wildman–Crippen MR) is 137 cm³/mol. The van der Waals surface area contributed by atoms with Gasteiger partial charge in [0.1, 0.15) is 6.54 Å². The number of sulfonamides is 1. The number of aryl methyl sites for hydroxylation is 2. The van der Waals surface area contributed by atoms with Crippen molar-refractivity contribution in [2.75, 3.05) is 23.1 Å². The van der Waals surface area contributed by atoms with Gasteiger partial charge in [-0.05, 0) is 61.2 Å². The number of thioether (sulfide) groups is 1. The number of carbonyl (C=O) groups excluding carboxylic acids is 1. The average molecular weight is 483 g/mol. The quantitative estimate of drug-likeness (QED) is 0.419. The maximum absolute atomic E-state index is 13.4. The molecular weight excluding hydrogens is 452 g/mol. The summed E-state index contributed by atoms with van der Waals surface area (Å²) in [4.78, 5) is 12.9. The van der Waals surface area contributed by atoms with E-state index in [1.54, 1.807) is 48.2 Å². The molecule has 0 bridgehead atoms. The van der Waals surface area contributed by atoms with Crippen LogP contribution in [-0.2, 0) is 20.6 Å². The fraction of sp³-hybridized carbons (Fsp3) is 0.269. The van der Waals surface area contributed by atoms with Gasteiger partial charge in [0, 0.05) is 18.1 Å². The number of benzene rings is 3. The average Bonchev–Trinajstić information content (AvgIpc) is 2.81. The minimum absolute atomic E-state index is 0.160. The standard InChI is InChI=1S/C26H30N2O3S2/c1-20-11-9-15-25(22(20)3)28(33(30,31)24-13-5-4-6-14-24)18-26(29)27-16-17-32-19-23-12-8-7-10-21(23)2/h4-15H,16-19H2,1-3H3,(H,27,29). The molecule has 3 aromatic carbocycles. The number of hydrogen-bond acceptors (Lipinski definition) is 4. The largest absolute Gasteiger partial charge is 0.354 e. The second-order valence-corrected chi connectivity index (χ2v) is 10.8. The highest BCUT2D eigenvalue weighted by molar-refractivity contribution is 7.98. The molecule has 5 nitrogen and oxygen atoms in total. The first kappa shape index (κ1) is 24.9. The van der Waals surface area contributed by atoms with Crippen LogP contribution in [0.4, 0.5) is 5.69 Å². The molecule has 3 aromatic rings. The van der Waals surface area contributed by atoms with E-state index in [2.05, 4.69) is 24.4 Å². The van der Waals surface area contributed by atoms with Gasteiger partial charge in [-0.15, -0.1) is 0 Å². The van der Waals surface area contributed by atoms with E-state index in [4.69, 9.17) is 0 Å². The number of nitrogens with one attached hydrogen (secondary N) is 1. The number of nitrogens with zero attached hydrogens (tertiary/aromatic N) is 1. The van der Waals surface area contributed by atoms with Crippen molar-refractivity contribution in [1.29, 1.82) is 0 Å². The van der Waals surface area contributed by atoms with E-state index >= 15 is 0 Å². The Morgan fingerprint density at radius 3 is 2.27 bits per heavy atom. The van der Waals surface area contributed by atoms with Crippen molar-refractivity contribution in [3.05, 3.63) is 95.1 Å². The predicted octanol–water partition coefficient (Wildman–Crippen LogP) is 4.86. The van der Waals surface area contributed by atoms with Crippen LogP contribution in [-0.4, -0.2) is 33.2 Å². The van der Waals surface area contributed by atoms with Crippen molar-refractivity contribution in [3.63, 3.8) is 0 Å². The Labute approximate surface area is 201 Å². The van der Waals surface area contributed by atoms with E-state index in [9.17, 15) is 13.2 Å². The van der Waals surface area contributed by atoms with Crippen LogP contribution < -0.4 is 9.62 Å². The van der Waals surface area contributed by atoms with E-state index in [1.807, 2.05) is 38.1 Å². The molecule has 3 rings (SSSR count). The van der Waals surface area contributed by atoms with Crippen LogP contribution in [0.25, 0.3) is 0 Å². The molecule has 7 heteroatoms. The third kappa shape index (κ3) is 6.39. The van der Waals surface area contributed by atoms with Crippen LogP contribution in [0.2, 0.25) is 0 Å². The molecule has 0 aliphatic heterocycles. The maximum atomic E-state index is 13.4. The van der Waals surface area contributed by atoms with Crippen molar-refractivity contribution >= 4 is 33.4 Å². The Bertz CT molecular complexity index is 1200. The Balaban J connectivity index is 1.68. The molecular formula is C26H30N2O3S2. The lowest BCUT2D eigenvalue weighted by molar-refractivity contribution is -0.119. The number of carbonyl (C=O) groups is 1. The van der Waals surface area contributed by atoms with Gasteiger partial charge in [0.2, 0.25) is 5.91 Å². The molecule has 0 aromatic heterocycles. The lowest BCUT2D eigenvalue weighted by atomic mass is 10.1. The highest BCUT2D eigenvalue weighted by atomic mass is 32.2. The minimum atomic E-state index is -3.90. The summed E-state index contributed by atoms with van der Waals surface area (Å²) in [6.45, 7) is 6.09. The van der Waals surface area contributed by atoms with Crippen LogP contribution in [0.1, 0.15) is 22.3 Å². The summed E-state index contributed by atoms with van der Waals surface area (Å²) in [5, 5.41) is 2.88. The van der Waals surface area contributed by atoms with Crippen molar-refractivity contribution in [3.8, 4) is 0 Å². The van der Waals surface area contributed by atoms with Gasteiger partial charge in [0.15, 0.2) is 0 Å². The fourth-order valence-electron chi connectivity index (χ4n) is 3.43. The maximum Gasteiger partial charge on any atom is 0.264 e. The van der Waals surface area contributed by atoms with Crippen molar-refractivity contribution in [2.45, 2.75) is 31.4 Å². The van der Waals surface area contributed by atoms with E-state index in [0.717, 1.165) is 22.6 Å². The molecule has 0 saturated carbocycles. The Hall–Kier alpha value is -2.77. The van der Waals surface area contributed by atoms with Gasteiger partial charge in [-0.3, -0.25) is 9.10 Å². The zero-order chi connectivity index (χ0) is 23.8. The lowest BCUT2D eigenvalue weighted by Gasteiger charge is -2.26. The highest BCUT2D eigenvalue weighted by Crippen LogP contribution is 2.28. The van der Waals surface area contributed by atoms with Crippen LogP contribution in [0.3, 0.4) is 0 Å². The van der Waals surface area contributed by atoms with E-state index in [0.29, 0.717) is 12.2 Å². The monoisotopic (exact) mass is 482 g/mol. The topological polar surface area (TPSA) is 66.5 Å². The molecule has 0 atom stereocenters. The summed E-state index contributed by atoms with van der Waals surface area (Å²) in [5.74, 6) is 1.29. The van der Waals surface area contributed by atoms with Crippen LogP contribution >= 0.6 is 11.8 Å². The molecule has 0 spiro atoms. The van der Waals surface area contributed by atoms with Gasteiger partial charge in [-0.1, -0.05) is 54.6 Å². The number of hydrogen-bond donors (Lipinski definition) is 1. The van der Waals surface area contributed by atoms with Crippen molar-refractivity contribution in [1.82, 2.24) is 5.32 Å². The van der Waals surface area contributed by atoms with E-state index < -0.39 is 10.0 Å². The summed E-state index contributed by atoms with van der Waals surface area (Å²) in [7, 11) is -3.90. The Morgan fingerprint density at radius 1 is 0.879 bits per heavy atom. The Kier molecular flexibility index (Phi) is 8.58. The van der Waals surface area contributed by atoms with Gasteiger partial charge < -0.3 is 5.32 Å². The van der Waals surface area contributed by atoms with Gasteiger partial charge >= 0.3 is 0 Å². The summed E-state index contributed by atoms with van der Waals surface area (Å²) < 4.78 is 28.1. The summed E-state index contributed by atoms with van der Waals surface area (Å²) in [5.41, 5.74) is 4.85. The molecule has 1 N–H and O–H groups in total.